The van der Waals surface area contributed by atoms with Crippen LogP contribution < -0.4 is 11.4 Å². The van der Waals surface area contributed by atoms with E-state index in [0.29, 0.717) is 10.8 Å². The van der Waals surface area contributed by atoms with Gasteiger partial charge in [-0.2, -0.15) is 14.6 Å². The van der Waals surface area contributed by atoms with E-state index in [-0.39, 0.29) is 0 Å². The number of phosphoric acid groups is 2. The third-order valence-electron chi connectivity index (χ3n) is 3.31. The summed E-state index contributed by atoms with van der Waals surface area (Å²) in [5.74, 6) is -4.90. The molecule has 0 saturated carbocycles. The number of aromatic nitrogens is 2. The van der Waals surface area contributed by atoms with Gasteiger partial charge in [0.2, 0.25) is 11.6 Å². The van der Waals surface area contributed by atoms with Crippen LogP contribution in [0.25, 0.3) is 0 Å². The molecule has 3 atom stereocenters. The first-order chi connectivity index (χ1) is 12.2. The number of nitrogens with two attached hydrogens (primary N) is 1. The summed E-state index contributed by atoms with van der Waals surface area (Å²) in [6.07, 6.45) is -0.716. The lowest BCUT2D eigenvalue weighted by molar-refractivity contribution is -0.201. The molecule has 1 aromatic heterocycles. The maximum atomic E-state index is 14.7. The fourth-order valence-corrected chi connectivity index (χ4v) is 3.82. The van der Waals surface area contributed by atoms with Crippen LogP contribution >= 0.6 is 15.6 Å². The van der Waals surface area contributed by atoms with Crippen molar-refractivity contribution in [2.45, 2.75) is 24.4 Å². The Balaban J connectivity index is 2.24. The van der Waals surface area contributed by atoms with Crippen LogP contribution in [0.4, 0.5) is 14.6 Å². The summed E-state index contributed by atoms with van der Waals surface area (Å²) in [5.41, 5.74) is 1.52. The second kappa shape index (κ2) is 7.01. The lowest BCUT2D eigenvalue weighted by Gasteiger charge is -2.26. The predicted octanol–water partition coefficient (Wildman–Crippen LogP) is -0.157. The van der Waals surface area contributed by atoms with Crippen LogP contribution in [-0.4, -0.2) is 36.7 Å². The van der Waals surface area contributed by atoms with Gasteiger partial charge in [0.1, 0.15) is 12.7 Å². The number of hydrogen-bond acceptors (Lipinski definition) is 9. The Kier molecular flexibility index (Phi) is 5.59. The van der Waals surface area contributed by atoms with E-state index in [2.05, 4.69) is 13.8 Å². The van der Waals surface area contributed by atoms with Gasteiger partial charge in [-0.05, 0) is 0 Å². The second-order valence-electron chi connectivity index (χ2n) is 5.32. The Morgan fingerprint density at radius 2 is 2.07 bits per heavy atom. The third kappa shape index (κ3) is 4.95. The highest BCUT2D eigenvalue weighted by Gasteiger charge is 2.54. The standard InChI is InChI=1S/C10H12F2N4O9P2/c11-6-3-16(8(17)15-7(6)14)10(4-13)2-1-9(12,24-10)5-23-27(21,22)25-26(18,19)20/h3H,1-2,5H2,(H,21,22)(H2,14,15,17)(H2,18,19,20)/t9-,10-/m0/s1. The molecule has 2 heterocycles. The van der Waals surface area contributed by atoms with Gasteiger partial charge in [0.25, 0.3) is 0 Å². The van der Waals surface area contributed by atoms with E-state index in [1.807, 2.05) is 0 Å². The summed E-state index contributed by atoms with van der Waals surface area (Å²) in [6.45, 7) is -1.40. The van der Waals surface area contributed by atoms with E-state index >= 15 is 0 Å². The van der Waals surface area contributed by atoms with Gasteiger partial charge >= 0.3 is 21.3 Å². The van der Waals surface area contributed by atoms with Crippen molar-refractivity contribution in [3.05, 3.63) is 22.5 Å². The van der Waals surface area contributed by atoms with Crippen LogP contribution in [0.3, 0.4) is 0 Å². The molecule has 27 heavy (non-hydrogen) atoms. The highest BCUT2D eigenvalue weighted by Crippen LogP contribution is 2.58. The number of nitriles is 1. The first kappa shape index (κ1) is 21.5. The highest BCUT2D eigenvalue weighted by molar-refractivity contribution is 7.60. The average molecular weight is 432 g/mol. The molecule has 1 fully saturated rings. The van der Waals surface area contributed by atoms with Gasteiger partial charge in [-0.3, -0.25) is 9.09 Å². The first-order valence-corrected chi connectivity index (χ1v) is 9.83. The fourth-order valence-electron chi connectivity index (χ4n) is 2.20. The van der Waals surface area contributed by atoms with Crippen LogP contribution in [0.1, 0.15) is 12.8 Å². The Hall–Kier alpha value is -1.75. The van der Waals surface area contributed by atoms with Crippen LogP contribution in [0.15, 0.2) is 11.0 Å². The topological polar surface area (TPSA) is 207 Å². The third-order valence-corrected chi connectivity index (χ3v) is 5.45. The van der Waals surface area contributed by atoms with Gasteiger partial charge in [-0.15, -0.1) is 0 Å². The molecule has 5 N–H and O–H groups in total. The zero-order chi connectivity index (χ0) is 20.7. The number of anilines is 1. The van der Waals surface area contributed by atoms with Crippen LogP contribution in [0, 0.1) is 17.1 Å². The van der Waals surface area contributed by atoms with E-state index < -0.39 is 64.0 Å². The van der Waals surface area contributed by atoms with Gasteiger partial charge < -0.3 is 25.2 Å². The van der Waals surface area contributed by atoms with Crippen LogP contribution in [0.2, 0.25) is 0 Å². The number of hydrogen-bond donors (Lipinski definition) is 4. The summed E-state index contributed by atoms with van der Waals surface area (Å²) in [5, 5.41) is 9.31. The fraction of sp³-hybridized carbons (Fsp3) is 0.500. The Bertz CT molecular complexity index is 946. The van der Waals surface area contributed by atoms with Crippen molar-refractivity contribution in [2.24, 2.45) is 0 Å². The Morgan fingerprint density at radius 3 is 2.63 bits per heavy atom. The summed E-state index contributed by atoms with van der Waals surface area (Å²) in [4.78, 5) is 41.1. The largest absolute Gasteiger partial charge is 0.481 e. The van der Waals surface area contributed by atoms with Crippen molar-refractivity contribution < 1.29 is 46.2 Å². The molecule has 1 aliphatic rings. The van der Waals surface area contributed by atoms with Crippen molar-refractivity contribution in [3.8, 4) is 6.07 Å². The van der Waals surface area contributed by atoms with Crippen molar-refractivity contribution in [3.63, 3.8) is 0 Å². The molecule has 0 aliphatic carbocycles. The highest BCUT2D eigenvalue weighted by atomic mass is 31.3. The van der Waals surface area contributed by atoms with Crippen molar-refractivity contribution in [2.75, 3.05) is 12.3 Å². The number of phosphoric ester groups is 1. The molecular weight excluding hydrogens is 420 g/mol. The van der Waals surface area contributed by atoms with Crippen molar-refractivity contribution in [1.29, 1.82) is 5.26 Å². The smallest absolute Gasteiger partial charge is 0.381 e. The zero-order valence-corrected chi connectivity index (χ0v) is 14.8. The molecule has 0 aromatic carbocycles. The molecule has 1 unspecified atom stereocenters. The average Bonchev–Trinajstić information content (AvgIpc) is 2.86. The number of nitrogens with zero attached hydrogens (tertiary/aromatic N) is 3. The molecule has 1 saturated heterocycles. The SMILES string of the molecule is N#C[C@]1(n2cc(F)c(N)nc2=O)CC[C@@](F)(COP(=O)(O)OP(=O)(O)O)O1. The number of nitrogen functional groups attached to an aromatic ring is 1. The quantitative estimate of drug-likeness (QED) is 0.433. The van der Waals surface area contributed by atoms with Gasteiger partial charge in [-0.25, -0.2) is 22.7 Å². The molecule has 17 heteroatoms. The maximum Gasteiger partial charge on any atom is 0.481 e. The molecule has 0 spiro atoms. The van der Waals surface area contributed by atoms with Gasteiger partial charge in [0, 0.05) is 12.8 Å². The number of ether oxygens (including phenoxy) is 1. The van der Waals surface area contributed by atoms with Crippen LogP contribution in [-0.2, 0) is 28.4 Å². The zero-order valence-electron chi connectivity index (χ0n) is 13.1. The molecule has 2 rings (SSSR count). The second-order valence-corrected chi connectivity index (χ2v) is 8.15. The van der Waals surface area contributed by atoms with E-state index in [1.165, 1.54) is 6.07 Å². The van der Waals surface area contributed by atoms with Crippen molar-refractivity contribution in [1.82, 2.24) is 9.55 Å². The van der Waals surface area contributed by atoms with E-state index in [0.717, 1.165) is 0 Å². The molecule has 0 amide bonds. The number of alkyl halides is 1. The lowest BCUT2D eigenvalue weighted by atomic mass is 10.1. The molecule has 1 aromatic rings. The number of rotatable bonds is 6. The Labute approximate surface area is 148 Å². The van der Waals surface area contributed by atoms with Gasteiger partial charge in [0.05, 0.1) is 6.20 Å². The molecule has 0 bridgehead atoms. The van der Waals surface area contributed by atoms with Gasteiger partial charge in [-0.1, -0.05) is 0 Å². The molecular formula is C10H12F2N4O9P2. The first-order valence-electron chi connectivity index (χ1n) is 6.81. The monoisotopic (exact) mass is 432 g/mol. The molecule has 0 radical (unpaired) electrons. The predicted molar refractivity (Wildman–Crippen MR) is 79.5 cm³/mol. The van der Waals surface area contributed by atoms with Gasteiger partial charge in [0.15, 0.2) is 11.6 Å². The van der Waals surface area contributed by atoms with E-state index in [4.69, 9.17) is 25.2 Å². The minimum Gasteiger partial charge on any atom is -0.381 e. The van der Waals surface area contributed by atoms with Crippen LogP contribution in [0.5, 0.6) is 0 Å². The van der Waals surface area contributed by atoms with Crippen molar-refractivity contribution >= 4 is 21.5 Å². The molecule has 150 valence electrons. The van der Waals surface area contributed by atoms with E-state index in [9.17, 15) is 28.0 Å². The summed E-state index contributed by atoms with van der Waals surface area (Å²) in [7, 11) is -10.8. The number of halogens is 2. The minimum absolute atomic E-state index is 0.352. The maximum absolute atomic E-state index is 14.7. The molecule has 1 aliphatic heterocycles. The summed E-state index contributed by atoms with van der Waals surface area (Å²) in [6, 6.07) is 1.48. The Morgan fingerprint density at radius 1 is 1.44 bits per heavy atom. The van der Waals surface area contributed by atoms with E-state index in [1.54, 1.807) is 0 Å². The summed E-state index contributed by atoms with van der Waals surface area (Å²) >= 11 is 0. The minimum atomic E-state index is -5.43. The molecule has 13 nitrogen and oxygen atoms in total. The lowest BCUT2D eigenvalue weighted by Crippen LogP contribution is -2.43. The summed E-state index contributed by atoms with van der Waals surface area (Å²) < 4.78 is 63.0. The normalized spacial score (nSPS) is 27.9.